The molecular weight excluding hydrogens is 264 g/mol. The van der Waals surface area contributed by atoms with Crippen molar-refractivity contribution in [2.45, 2.75) is 49.7 Å². The van der Waals surface area contributed by atoms with Gasteiger partial charge < -0.3 is 14.6 Å². The van der Waals surface area contributed by atoms with Gasteiger partial charge in [-0.3, -0.25) is 0 Å². The standard InChI is InChI=1S/C18H26O3/c1-20-14-18(19,15-7-3-2-4-8-15)16-9-12-21-17(13-16)10-5-6-11-17/h2-4,7-8,16,19H,5-6,9-14H2,1H3. The van der Waals surface area contributed by atoms with Crippen LogP contribution in [0.4, 0.5) is 0 Å². The molecule has 1 N–H and O–H groups in total. The van der Waals surface area contributed by atoms with Crippen molar-refractivity contribution in [3.05, 3.63) is 35.9 Å². The van der Waals surface area contributed by atoms with E-state index in [1.54, 1.807) is 7.11 Å². The number of ether oxygens (including phenoxy) is 2. The van der Waals surface area contributed by atoms with Crippen LogP contribution in [0.15, 0.2) is 30.3 Å². The second-order valence-electron chi connectivity index (χ2n) is 6.65. The molecular formula is C18H26O3. The summed E-state index contributed by atoms with van der Waals surface area (Å²) in [6, 6.07) is 9.98. The van der Waals surface area contributed by atoms with E-state index in [2.05, 4.69) is 0 Å². The van der Waals surface area contributed by atoms with E-state index in [-0.39, 0.29) is 11.5 Å². The quantitative estimate of drug-likeness (QED) is 0.925. The van der Waals surface area contributed by atoms with E-state index in [0.29, 0.717) is 6.61 Å². The largest absolute Gasteiger partial charge is 0.382 e. The molecule has 1 saturated carbocycles. The Labute approximate surface area is 127 Å². The minimum Gasteiger partial charge on any atom is -0.382 e. The monoisotopic (exact) mass is 290 g/mol. The minimum atomic E-state index is -0.907. The summed E-state index contributed by atoms with van der Waals surface area (Å²) in [5.41, 5.74) is 0.0707. The Balaban J connectivity index is 1.86. The molecule has 1 aliphatic carbocycles. The molecule has 2 atom stereocenters. The lowest BCUT2D eigenvalue weighted by atomic mass is 9.72. The van der Waals surface area contributed by atoms with Crippen molar-refractivity contribution in [1.29, 1.82) is 0 Å². The van der Waals surface area contributed by atoms with Gasteiger partial charge in [-0.25, -0.2) is 0 Å². The zero-order valence-corrected chi connectivity index (χ0v) is 12.9. The molecule has 3 nitrogen and oxygen atoms in total. The van der Waals surface area contributed by atoms with Gasteiger partial charge in [0.05, 0.1) is 12.2 Å². The van der Waals surface area contributed by atoms with Crippen molar-refractivity contribution < 1.29 is 14.6 Å². The van der Waals surface area contributed by atoms with Crippen molar-refractivity contribution in [3.8, 4) is 0 Å². The Morgan fingerprint density at radius 3 is 2.67 bits per heavy atom. The van der Waals surface area contributed by atoms with Gasteiger partial charge >= 0.3 is 0 Å². The van der Waals surface area contributed by atoms with Crippen LogP contribution in [0.5, 0.6) is 0 Å². The van der Waals surface area contributed by atoms with Gasteiger partial charge in [-0.1, -0.05) is 43.2 Å². The lowest BCUT2D eigenvalue weighted by Gasteiger charge is -2.45. The first-order valence-electron chi connectivity index (χ1n) is 8.09. The van der Waals surface area contributed by atoms with Gasteiger partial charge in [-0.15, -0.1) is 0 Å². The van der Waals surface area contributed by atoms with E-state index in [1.807, 2.05) is 30.3 Å². The molecule has 3 heteroatoms. The summed E-state index contributed by atoms with van der Waals surface area (Å²) in [5, 5.41) is 11.4. The van der Waals surface area contributed by atoms with Gasteiger partial charge in [0.15, 0.2) is 0 Å². The summed E-state index contributed by atoms with van der Waals surface area (Å²) in [5.74, 6) is 0.201. The maximum atomic E-state index is 11.4. The topological polar surface area (TPSA) is 38.7 Å². The normalized spacial score (nSPS) is 27.6. The summed E-state index contributed by atoms with van der Waals surface area (Å²) in [7, 11) is 1.67. The van der Waals surface area contributed by atoms with Crippen LogP contribution in [-0.4, -0.2) is 31.0 Å². The third-order valence-corrected chi connectivity index (χ3v) is 5.32. The molecule has 2 aliphatic rings. The number of hydrogen-bond acceptors (Lipinski definition) is 3. The molecule has 1 heterocycles. The second-order valence-corrected chi connectivity index (χ2v) is 6.65. The molecule has 0 amide bonds. The molecule has 0 bridgehead atoms. The van der Waals surface area contributed by atoms with Crippen molar-refractivity contribution >= 4 is 0 Å². The molecule has 0 radical (unpaired) electrons. The van der Waals surface area contributed by atoms with Gasteiger partial charge in [0.2, 0.25) is 0 Å². The first-order valence-corrected chi connectivity index (χ1v) is 8.09. The zero-order valence-electron chi connectivity index (χ0n) is 12.9. The Kier molecular flexibility index (Phi) is 4.34. The molecule has 3 rings (SSSR count). The Bertz CT molecular complexity index is 453. The lowest BCUT2D eigenvalue weighted by Crippen LogP contribution is -2.48. The number of hydrogen-bond donors (Lipinski definition) is 1. The molecule has 0 aromatic heterocycles. The van der Waals surface area contributed by atoms with Crippen LogP contribution in [0.2, 0.25) is 0 Å². The summed E-state index contributed by atoms with van der Waals surface area (Å²) in [4.78, 5) is 0. The Hall–Kier alpha value is -0.900. The Morgan fingerprint density at radius 1 is 1.29 bits per heavy atom. The number of rotatable bonds is 4. The van der Waals surface area contributed by atoms with Crippen molar-refractivity contribution in [2.24, 2.45) is 5.92 Å². The van der Waals surface area contributed by atoms with E-state index >= 15 is 0 Å². The van der Waals surface area contributed by atoms with E-state index in [1.165, 1.54) is 12.8 Å². The van der Waals surface area contributed by atoms with Crippen LogP contribution in [0.25, 0.3) is 0 Å². The molecule has 1 saturated heterocycles. The third kappa shape index (κ3) is 2.87. The van der Waals surface area contributed by atoms with Crippen LogP contribution in [0.1, 0.15) is 44.1 Å². The van der Waals surface area contributed by atoms with E-state index in [0.717, 1.165) is 37.9 Å². The molecule has 1 aromatic rings. The average Bonchev–Trinajstić information content (AvgIpc) is 2.96. The summed E-state index contributed by atoms with van der Waals surface area (Å²) in [6.07, 6.45) is 6.63. The SMILES string of the molecule is COCC(O)(c1ccccc1)C1CCOC2(CCCC2)C1. The summed E-state index contributed by atoms with van der Waals surface area (Å²) < 4.78 is 11.5. The van der Waals surface area contributed by atoms with E-state index in [9.17, 15) is 5.11 Å². The maximum absolute atomic E-state index is 11.4. The van der Waals surface area contributed by atoms with Crippen LogP contribution in [0, 0.1) is 5.92 Å². The van der Waals surface area contributed by atoms with Crippen molar-refractivity contribution in [1.82, 2.24) is 0 Å². The number of methoxy groups -OCH3 is 1. The van der Waals surface area contributed by atoms with Crippen LogP contribution < -0.4 is 0 Å². The van der Waals surface area contributed by atoms with Crippen LogP contribution in [-0.2, 0) is 15.1 Å². The van der Waals surface area contributed by atoms with Crippen molar-refractivity contribution in [3.63, 3.8) is 0 Å². The molecule has 116 valence electrons. The molecule has 1 spiro atoms. The maximum Gasteiger partial charge on any atom is 0.116 e. The molecule has 21 heavy (non-hydrogen) atoms. The Morgan fingerprint density at radius 2 is 2.00 bits per heavy atom. The van der Waals surface area contributed by atoms with Gasteiger partial charge in [0.1, 0.15) is 5.60 Å². The zero-order chi connectivity index (χ0) is 14.8. The highest BCUT2D eigenvalue weighted by atomic mass is 16.5. The second kappa shape index (κ2) is 6.07. The predicted octanol–water partition coefficient (Wildman–Crippen LogP) is 3.26. The van der Waals surface area contributed by atoms with Gasteiger partial charge in [0, 0.05) is 13.7 Å². The highest BCUT2D eigenvalue weighted by molar-refractivity contribution is 5.24. The van der Waals surface area contributed by atoms with Gasteiger partial charge in [-0.05, 0) is 37.2 Å². The van der Waals surface area contributed by atoms with Gasteiger partial charge in [0.25, 0.3) is 0 Å². The lowest BCUT2D eigenvalue weighted by molar-refractivity contribution is -0.159. The molecule has 2 unspecified atom stereocenters. The third-order valence-electron chi connectivity index (χ3n) is 5.32. The first-order chi connectivity index (χ1) is 10.2. The van der Waals surface area contributed by atoms with Crippen LogP contribution >= 0.6 is 0 Å². The fourth-order valence-corrected chi connectivity index (χ4v) is 4.19. The van der Waals surface area contributed by atoms with Crippen LogP contribution in [0.3, 0.4) is 0 Å². The molecule has 2 fully saturated rings. The highest BCUT2D eigenvalue weighted by Gasteiger charge is 2.47. The summed E-state index contributed by atoms with van der Waals surface area (Å²) >= 11 is 0. The smallest absolute Gasteiger partial charge is 0.116 e. The predicted molar refractivity (Wildman–Crippen MR) is 82.1 cm³/mol. The fraction of sp³-hybridized carbons (Fsp3) is 0.667. The average molecular weight is 290 g/mol. The highest BCUT2D eigenvalue weighted by Crippen LogP contribution is 2.47. The van der Waals surface area contributed by atoms with Crippen molar-refractivity contribution in [2.75, 3.05) is 20.3 Å². The number of benzene rings is 1. The van der Waals surface area contributed by atoms with Gasteiger partial charge in [-0.2, -0.15) is 0 Å². The number of aliphatic hydroxyl groups is 1. The summed E-state index contributed by atoms with van der Waals surface area (Å²) in [6.45, 7) is 1.10. The van der Waals surface area contributed by atoms with E-state index in [4.69, 9.17) is 9.47 Å². The fourth-order valence-electron chi connectivity index (χ4n) is 4.19. The molecule has 1 aliphatic heterocycles. The van der Waals surface area contributed by atoms with E-state index < -0.39 is 5.60 Å². The molecule has 1 aromatic carbocycles. The minimum absolute atomic E-state index is 0.0133. The first kappa shape index (κ1) is 15.0.